The van der Waals surface area contributed by atoms with E-state index in [0.717, 1.165) is 49.6 Å². The number of benzene rings is 8. The number of rotatable bonds is 6. The number of hydrogen-bond acceptors (Lipinski definition) is 2. The van der Waals surface area contributed by atoms with Crippen molar-refractivity contribution in [2.45, 2.75) is 0 Å². The molecule has 0 atom stereocenters. The molecule has 2 nitrogen and oxygen atoms in total. The molecule has 1 aromatic heterocycles. The van der Waals surface area contributed by atoms with Gasteiger partial charge in [-0.05, 0) is 104 Å². The fraction of sp³-hybridized carbons (Fsp3) is 0. The molecule has 8 aromatic carbocycles. The lowest BCUT2D eigenvalue weighted by atomic mass is 10.0. The summed E-state index contributed by atoms with van der Waals surface area (Å²) in [6.07, 6.45) is 0. The Morgan fingerprint density at radius 3 is 1.71 bits per heavy atom. The van der Waals surface area contributed by atoms with Crippen LogP contribution in [0.25, 0.3) is 44.2 Å². The van der Waals surface area contributed by atoms with Crippen LogP contribution in [0, 0.1) is 0 Å². The Hall–Kier alpha value is -6.13. The van der Waals surface area contributed by atoms with Gasteiger partial charge in [-0.15, -0.1) is 0 Å². The molecule has 0 saturated carbocycles. The van der Waals surface area contributed by atoms with Crippen LogP contribution in [-0.4, -0.2) is 8.07 Å². The number of halogens is 1. The van der Waals surface area contributed by atoms with Gasteiger partial charge in [-0.1, -0.05) is 145 Å². The topological polar surface area (TPSA) is 16.4 Å². The van der Waals surface area contributed by atoms with Crippen molar-refractivity contribution < 1.29 is 4.42 Å². The van der Waals surface area contributed by atoms with Crippen LogP contribution in [0.2, 0.25) is 5.02 Å². The molecule has 0 N–H and O–H groups in total. The van der Waals surface area contributed by atoms with E-state index in [-0.39, 0.29) is 0 Å². The summed E-state index contributed by atoms with van der Waals surface area (Å²) in [4.78, 5) is 2.38. The summed E-state index contributed by atoms with van der Waals surface area (Å²) in [5, 5.41) is 8.41. The molecule has 10 rings (SSSR count). The summed E-state index contributed by atoms with van der Waals surface area (Å²) in [5.74, 6) is 0. The van der Waals surface area contributed by atoms with Crippen molar-refractivity contribution in [1.82, 2.24) is 0 Å². The molecule has 246 valence electrons. The molecular formula is C48H32ClNOSi. The van der Waals surface area contributed by atoms with Gasteiger partial charge in [0.2, 0.25) is 0 Å². The minimum absolute atomic E-state index is 0.741. The molecular weight excluding hydrogens is 670 g/mol. The van der Waals surface area contributed by atoms with E-state index in [9.17, 15) is 0 Å². The second kappa shape index (κ2) is 12.3. The maximum absolute atomic E-state index is 6.83. The molecule has 1 aliphatic rings. The SMILES string of the molecule is Clc1ccc2c(c1)-c1cc(N(c3cccc(-c4ccccc4)c3)c3ccc4oc5ccccc5c4c3)ccc1[Si]2(c1ccccc1)c1ccccc1. The largest absolute Gasteiger partial charge is 0.456 e. The highest BCUT2D eigenvalue weighted by Gasteiger charge is 2.48. The lowest BCUT2D eigenvalue weighted by Gasteiger charge is -2.32. The predicted molar refractivity (Wildman–Crippen MR) is 221 cm³/mol. The van der Waals surface area contributed by atoms with E-state index >= 15 is 0 Å². The van der Waals surface area contributed by atoms with Crippen molar-refractivity contribution in [3.8, 4) is 22.3 Å². The molecule has 9 aromatic rings. The third-order valence-corrected chi connectivity index (χ3v) is 15.7. The van der Waals surface area contributed by atoms with E-state index in [1.54, 1.807) is 0 Å². The summed E-state index contributed by atoms with van der Waals surface area (Å²) >= 11 is 6.83. The van der Waals surface area contributed by atoms with Gasteiger partial charge in [0.05, 0.1) is 0 Å². The predicted octanol–water partition coefficient (Wildman–Crippen LogP) is 10.7. The fourth-order valence-electron chi connectivity index (χ4n) is 8.35. The summed E-state index contributed by atoms with van der Waals surface area (Å²) in [6, 6.07) is 70.0. The Balaban J connectivity index is 1.24. The lowest BCUT2D eigenvalue weighted by molar-refractivity contribution is 0.669. The summed E-state index contributed by atoms with van der Waals surface area (Å²) in [5.41, 5.74) is 9.76. The van der Waals surface area contributed by atoms with Gasteiger partial charge in [0, 0.05) is 32.9 Å². The summed E-state index contributed by atoms with van der Waals surface area (Å²) in [6.45, 7) is 0. The van der Waals surface area contributed by atoms with E-state index < -0.39 is 8.07 Å². The zero-order chi connectivity index (χ0) is 34.6. The maximum atomic E-state index is 6.83. The molecule has 0 bridgehead atoms. The second-order valence-electron chi connectivity index (χ2n) is 13.4. The van der Waals surface area contributed by atoms with Crippen molar-refractivity contribution in [3.63, 3.8) is 0 Å². The number of hydrogen-bond donors (Lipinski definition) is 0. The minimum atomic E-state index is -2.67. The first kappa shape index (κ1) is 30.7. The van der Waals surface area contributed by atoms with Crippen molar-refractivity contribution in [2.24, 2.45) is 0 Å². The molecule has 0 amide bonds. The molecule has 0 spiro atoms. The van der Waals surface area contributed by atoms with Crippen LogP contribution in [0.4, 0.5) is 17.1 Å². The third kappa shape index (κ3) is 4.78. The van der Waals surface area contributed by atoms with Crippen molar-refractivity contribution >= 4 is 79.4 Å². The van der Waals surface area contributed by atoms with Gasteiger partial charge in [-0.2, -0.15) is 0 Å². The Morgan fingerprint density at radius 1 is 0.404 bits per heavy atom. The minimum Gasteiger partial charge on any atom is -0.456 e. The highest BCUT2D eigenvalue weighted by Crippen LogP contribution is 2.42. The molecule has 0 saturated heterocycles. The first-order valence-corrected chi connectivity index (χ1v) is 20.0. The van der Waals surface area contributed by atoms with Crippen LogP contribution in [0.5, 0.6) is 0 Å². The fourth-order valence-corrected chi connectivity index (χ4v) is 13.7. The molecule has 52 heavy (non-hydrogen) atoms. The third-order valence-electron chi connectivity index (χ3n) is 10.6. The first-order chi connectivity index (χ1) is 25.7. The smallest absolute Gasteiger partial charge is 0.180 e. The average molecular weight is 702 g/mol. The van der Waals surface area contributed by atoms with Gasteiger partial charge in [0.25, 0.3) is 0 Å². The van der Waals surface area contributed by atoms with E-state index in [4.69, 9.17) is 16.0 Å². The number of anilines is 3. The zero-order valence-corrected chi connectivity index (χ0v) is 30.0. The quantitative estimate of drug-likeness (QED) is 0.160. The number of fused-ring (bicyclic) bond motifs is 6. The van der Waals surface area contributed by atoms with Gasteiger partial charge in [0.1, 0.15) is 11.2 Å². The van der Waals surface area contributed by atoms with Crippen LogP contribution in [0.15, 0.2) is 199 Å². The maximum Gasteiger partial charge on any atom is 0.180 e. The van der Waals surface area contributed by atoms with Crippen LogP contribution in [-0.2, 0) is 0 Å². The van der Waals surface area contributed by atoms with Gasteiger partial charge in [-0.3, -0.25) is 0 Å². The van der Waals surface area contributed by atoms with Gasteiger partial charge < -0.3 is 9.32 Å². The summed E-state index contributed by atoms with van der Waals surface area (Å²) < 4.78 is 6.27. The second-order valence-corrected chi connectivity index (χ2v) is 17.6. The average Bonchev–Trinajstić information content (AvgIpc) is 3.72. The standard InChI is InChI=1S/C48H32ClNOSi/c49-35-23-27-47-43(30-35)44-32-38(25-28-48(44)52(47,39-17-6-2-7-18-39)40-19-8-3-9-20-40)50(36-16-12-15-34(29-36)33-13-4-1-5-14-33)37-24-26-46-42(31-37)41-21-10-11-22-45(41)51-46/h1-32H. The van der Waals surface area contributed by atoms with Crippen LogP contribution < -0.4 is 25.6 Å². The first-order valence-electron chi connectivity index (χ1n) is 17.6. The highest BCUT2D eigenvalue weighted by molar-refractivity contribution is 7.22. The molecule has 1 aliphatic heterocycles. The number of furan rings is 1. The highest BCUT2D eigenvalue weighted by atomic mass is 35.5. The van der Waals surface area contributed by atoms with E-state index in [0.29, 0.717) is 0 Å². The normalized spacial score (nSPS) is 12.9. The van der Waals surface area contributed by atoms with Gasteiger partial charge in [0.15, 0.2) is 8.07 Å². The van der Waals surface area contributed by atoms with Gasteiger partial charge in [-0.25, -0.2) is 0 Å². The van der Waals surface area contributed by atoms with Crippen molar-refractivity contribution in [1.29, 1.82) is 0 Å². The van der Waals surface area contributed by atoms with E-state index in [1.807, 2.05) is 12.1 Å². The van der Waals surface area contributed by atoms with Crippen LogP contribution >= 0.6 is 11.6 Å². The van der Waals surface area contributed by atoms with Crippen LogP contribution in [0.1, 0.15) is 0 Å². The Labute approximate surface area is 308 Å². The van der Waals surface area contributed by atoms with Crippen molar-refractivity contribution in [2.75, 3.05) is 4.90 Å². The van der Waals surface area contributed by atoms with Gasteiger partial charge >= 0.3 is 0 Å². The monoisotopic (exact) mass is 701 g/mol. The number of nitrogens with zero attached hydrogens (tertiary/aromatic N) is 1. The number of para-hydroxylation sites is 1. The van der Waals surface area contributed by atoms with Crippen LogP contribution in [0.3, 0.4) is 0 Å². The summed E-state index contributed by atoms with van der Waals surface area (Å²) in [7, 11) is -2.67. The molecule has 0 unspecified atom stereocenters. The Bertz CT molecular complexity index is 2720. The molecule has 4 heteroatoms. The Morgan fingerprint density at radius 2 is 0.962 bits per heavy atom. The lowest BCUT2D eigenvalue weighted by Crippen LogP contribution is -2.72. The molecule has 0 fully saturated rings. The van der Waals surface area contributed by atoms with E-state index in [2.05, 4.69) is 187 Å². The van der Waals surface area contributed by atoms with E-state index in [1.165, 1.54) is 37.4 Å². The Kier molecular flexibility index (Phi) is 7.24. The molecule has 0 aliphatic carbocycles. The van der Waals surface area contributed by atoms with Crippen molar-refractivity contribution in [3.05, 3.63) is 199 Å². The molecule has 0 radical (unpaired) electrons. The zero-order valence-electron chi connectivity index (χ0n) is 28.2. The molecule has 2 heterocycles.